The molecule has 7 heteroatoms. The predicted molar refractivity (Wildman–Crippen MR) is 73.4 cm³/mol. The molecule has 1 unspecified atom stereocenters. The van der Waals surface area contributed by atoms with E-state index < -0.39 is 10.0 Å². The summed E-state index contributed by atoms with van der Waals surface area (Å²) in [6.45, 7) is 6.52. The van der Waals surface area contributed by atoms with Crippen LogP contribution in [0.2, 0.25) is 0 Å². The van der Waals surface area contributed by atoms with E-state index in [1.807, 2.05) is 13.8 Å². The highest BCUT2D eigenvalue weighted by Gasteiger charge is 2.28. The summed E-state index contributed by atoms with van der Waals surface area (Å²) in [6.07, 6.45) is 5.32. The van der Waals surface area contributed by atoms with Gasteiger partial charge in [0.15, 0.2) is 5.03 Å². The van der Waals surface area contributed by atoms with E-state index in [-0.39, 0.29) is 11.1 Å². The highest BCUT2D eigenvalue weighted by Crippen LogP contribution is 2.16. The van der Waals surface area contributed by atoms with E-state index in [0.717, 1.165) is 25.9 Å². The molecule has 0 spiro atoms. The molecular weight excluding hydrogens is 264 g/mol. The van der Waals surface area contributed by atoms with Gasteiger partial charge in [0.25, 0.3) is 10.0 Å². The Labute approximate surface area is 114 Å². The number of sulfonamides is 1. The number of aryl methyl sites for hydroxylation is 1. The van der Waals surface area contributed by atoms with Gasteiger partial charge in [-0.05, 0) is 26.3 Å². The van der Waals surface area contributed by atoms with Crippen LogP contribution >= 0.6 is 0 Å². The van der Waals surface area contributed by atoms with Crippen molar-refractivity contribution in [3.63, 3.8) is 0 Å². The van der Waals surface area contributed by atoms with Crippen molar-refractivity contribution in [3.8, 4) is 0 Å². The van der Waals surface area contributed by atoms with Gasteiger partial charge in [-0.25, -0.2) is 13.4 Å². The lowest BCUT2D eigenvalue weighted by Gasteiger charge is -2.22. The molecule has 1 atom stereocenters. The molecular formula is C12H22N4O2S. The molecule has 1 aromatic heterocycles. The van der Waals surface area contributed by atoms with E-state index in [4.69, 9.17) is 0 Å². The summed E-state index contributed by atoms with van der Waals surface area (Å²) in [5, 5.41) is 3.48. The molecule has 1 N–H and O–H groups in total. The van der Waals surface area contributed by atoms with Crippen molar-refractivity contribution in [1.82, 2.24) is 19.2 Å². The Hall–Kier alpha value is -0.920. The minimum Gasteiger partial charge on any atom is -0.336 e. The quantitative estimate of drug-likeness (QED) is 0.834. The van der Waals surface area contributed by atoms with Crippen LogP contribution in [0.1, 0.15) is 26.7 Å². The van der Waals surface area contributed by atoms with Crippen LogP contribution in [-0.4, -0.2) is 48.0 Å². The zero-order valence-electron chi connectivity index (χ0n) is 11.5. The topological polar surface area (TPSA) is 67.2 Å². The standard InChI is InChI=1S/C12H22N4O2S/c1-3-15-9-12(14-10-15)19(17,18)16(4-2)8-11-6-5-7-13-11/h9-11,13H,3-8H2,1-2H3. The monoisotopic (exact) mass is 286 g/mol. The van der Waals surface area contributed by atoms with Gasteiger partial charge in [-0.2, -0.15) is 4.31 Å². The molecule has 2 rings (SSSR count). The van der Waals surface area contributed by atoms with Crippen molar-refractivity contribution in [3.05, 3.63) is 12.5 Å². The van der Waals surface area contributed by atoms with Crippen LogP contribution < -0.4 is 5.32 Å². The van der Waals surface area contributed by atoms with Gasteiger partial charge in [-0.3, -0.25) is 0 Å². The van der Waals surface area contributed by atoms with Crippen molar-refractivity contribution in [2.24, 2.45) is 0 Å². The zero-order valence-corrected chi connectivity index (χ0v) is 12.4. The van der Waals surface area contributed by atoms with Crippen LogP contribution in [0.5, 0.6) is 0 Å². The molecule has 19 heavy (non-hydrogen) atoms. The smallest absolute Gasteiger partial charge is 0.262 e. The lowest BCUT2D eigenvalue weighted by Crippen LogP contribution is -2.41. The fraction of sp³-hybridized carbons (Fsp3) is 0.750. The van der Waals surface area contributed by atoms with E-state index in [1.165, 1.54) is 4.31 Å². The van der Waals surface area contributed by atoms with Crippen molar-refractivity contribution in [1.29, 1.82) is 0 Å². The molecule has 0 saturated carbocycles. The normalized spacial score (nSPS) is 20.3. The Morgan fingerprint density at radius 3 is 2.84 bits per heavy atom. The van der Waals surface area contributed by atoms with Crippen LogP contribution in [-0.2, 0) is 16.6 Å². The lowest BCUT2D eigenvalue weighted by atomic mass is 10.2. The molecule has 1 aliphatic rings. The van der Waals surface area contributed by atoms with E-state index in [2.05, 4.69) is 10.3 Å². The number of nitrogens with one attached hydrogen (secondary N) is 1. The third kappa shape index (κ3) is 3.16. The molecule has 1 aromatic rings. The van der Waals surface area contributed by atoms with Crippen LogP contribution in [0.25, 0.3) is 0 Å². The molecule has 1 fully saturated rings. The van der Waals surface area contributed by atoms with E-state index in [9.17, 15) is 8.42 Å². The highest BCUT2D eigenvalue weighted by atomic mass is 32.2. The number of likely N-dealkylation sites (N-methyl/N-ethyl adjacent to an activating group) is 1. The summed E-state index contributed by atoms with van der Waals surface area (Å²) in [6, 6.07) is 0.267. The molecule has 6 nitrogen and oxygen atoms in total. The van der Waals surface area contributed by atoms with Crippen LogP contribution in [0.4, 0.5) is 0 Å². The maximum atomic E-state index is 12.5. The van der Waals surface area contributed by atoms with Gasteiger partial charge in [0.2, 0.25) is 0 Å². The Balaban J connectivity index is 2.15. The number of aromatic nitrogens is 2. The minimum atomic E-state index is -3.47. The lowest BCUT2D eigenvalue weighted by molar-refractivity contribution is 0.381. The molecule has 2 heterocycles. The average Bonchev–Trinajstić information content (AvgIpc) is 3.06. The van der Waals surface area contributed by atoms with E-state index in [1.54, 1.807) is 17.1 Å². The third-order valence-electron chi connectivity index (χ3n) is 3.52. The Bertz CT molecular complexity index is 506. The first kappa shape index (κ1) is 14.5. The van der Waals surface area contributed by atoms with Gasteiger partial charge in [-0.15, -0.1) is 0 Å². The van der Waals surface area contributed by atoms with Gasteiger partial charge in [-0.1, -0.05) is 6.92 Å². The third-order valence-corrected chi connectivity index (χ3v) is 5.34. The van der Waals surface area contributed by atoms with Gasteiger partial charge >= 0.3 is 0 Å². The second kappa shape index (κ2) is 6.02. The number of imidazole rings is 1. The maximum absolute atomic E-state index is 12.5. The summed E-state index contributed by atoms with van der Waals surface area (Å²) in [5.41, 5.74) is 0. The van der Waals surface area contributed by atoms with E-state index in [0.29, 0.717) is 13.1 Å². The maximum Gasteiger partial charge on any atom is 0.262 e. The largest absolute Gasteiger partial charge is 0.336 e. The van der Waals surface area contributed by atoms with Crippen molar-refractivity contribution in [2.45, 2.75) is 44.3 Å². The van der Waals surface area contributed by atoms with Crippen LogP contribution in [0.15, 0.2) is 17.6 Å². The van der Waals surface area contributed by atoms with Crippen molar-refractivity contribution >= 4 is 10.0 Å². The molecule has 0 aromatic carbocycles. The van der Waals surface area contributed by atoms with Crippen molar-refractivity contribution in [2.75, 3.05) is 19.6 Å². The first-order chi connectivity index (χ1) is 9.07. The van der Waals surface area contributed by atoms with Crippen molar-refractivity contribution < 1.29 is 8.42 Å². The molecule has 0 amide bonds. The second-order valence-corrected chi connectivity index (χ2v) is 6.68. The van der Waals surface area contributed by atoms with Gasteiger partial charge < -0.3 is 9.88 Å². The first-order valence-corrected chi connectivity index (χ1v) is 8.27. The SMILES string of the molecule is CCN(CC1CCCN1)S(=O)(=O)c1cn(CC)cn1. The van der Waals surface area contributed by atoms with Crippen LogP contribution in [0, 0.1) is 0 Å². The molecule has 1 saturated heterocycles. The zero-order chi connectivity index (χ0) is 13.9. The molecule has 0 bridgehead atoms. The summed E-state index contributed by atoms with van der Waals surface area (Å²) in [4.78, 5) is 4.02. The first-order valence-electron chi connectivity index (χ1n) is 6.83. The molecule has 0 radical (unpaired) electrons. The summed E-state index contributed by atoms with van der Waals surface area (Å²) in [5.74, 6) is 0. The van der Waals surface area contributed by atoms with Gasteiger partial charge in [0.05, 0.1) is 6.33 Å². The molecule has 1 aliphatic heterocycles. The molecule has 108 valence electrons. The summed E-state index contributed by atoms with van der Waals surface area (Å²) < 4.78 is 28.3. The summed E-state index contributed by atoms with van der Waals surface area (Å²) >= 11 is 0. The van der Waals surface area contributed by atoms with Crippen LogP contribution in [0.3, 0.4) is 0 Å². The Morgan fingerprint density at radius 1 is 1.53 bits per heavy atom. The Morgan fingerprint density at radius 2 is 2.32 bits per heavy atom. The number of hydrogen-bond donors (Lipinski definition) is 1. The highest BCUT2D eigenvalue weighted by molar-refractivity contribution is 7.89. The number of hydrogen-bond acceptors (Lipinski definition) is 4. The Kier molecular flexibility index (Phi) is 4.59. The van der Waals surface area contributed by atoms with Gasteiger partial charge in [0.1, 0.15) is 0 Å². The second-order valence-electron chi connectivity index (χ2n) is 4.79. The minimum absolute atomic E-state index is 0.147. The fourth-order valence-corrected chi connectivity index (χ4v) is 3.76. The summed E-state index contributed by atoms with van der Waals surface area (Å²) in [7, 11) is -3.47. The molecule has 0 aliphatic carbocycles. The van der Waals surface area contributed by atoms with Gasteiger partial charge in [0, 0.05) is 31.9 Å². The fourth-order valence-electron chi connectivity index (χ4n) is 2.33. The predicted octanol–water partition coefficient (Wildman–Crippen LogP) is 0.666. The number of rotatable bonds is 6. The average molecular weight is 286 g/mol. The van der Waals surface area contributed by atoms with E-state index >= 15 is 0 Å². The number of nitrogens with zero attached hydrogens (tertiary/aromatic N) is 3.